The van der Waals surface area contributed by atoms with E-state index < -0.39 is 6.10 Å². The Bertz CT molecular complexity index is 419. The molecule has 3 nitrogen and oxygen atoms in total. The van der Waals surface area contributed by atoms with Gasteiger partial charge in [-0.1, -0.05) is 62.9 Å². The first-order valence-electron chi connectivity index (χ1n) is 8.88. The van der Waals surface area contributed by atoms with Crippen molar-refractivity contribution in [1.29, 1.82) is 0 Å². The largest absolute Gasteiger partial charge is 0.390 e. The number of β-amino-alcohol motifs (C(OH)–C–C–N with tert-alkyl or cyclic N) is 1. The highest BCUT2D eigenvalue weighted by molar-refractivity contribution is 5.85. The standard InChI is InChI=1S/C19H32N2O.2ClH/c1-2-11-19(12-7-4-8-13-19)21-15-18(22)17(20)14-16-9-5-3-6-10-16;;/h3,5-6,9-10,17-18,21-22H,2,4,7-8,11-15,20H2,1H3;2*1H/t17-,18+;;/m0../s1. The second-order valence-electron chi connectivity index (χ2n) is 6.89. The molecule has 4 N–H and O–H groups in total. The fourth-order valence-electron chi connectivity index (χ4n) is 3.72. The summed E-state index contributed by atoms with van der Waals surface area (Å²) in [5.74, 6) is 0. The highest BCUT2D eigenvalue weighted by atomic mass is 35.5. The Kier molecular flexibility index (Phi) is 11.9. The minimum atomic E-state index is -0.490. The van der Waals surface area contributed by atoms with Crippen LogP contribution >= 0.6 is 24.8 Å². The van der Waals surface area contributed by atoms with Gasteiger partial charge in [-0.05, 0) is 31.2 Å². The van der Waals surface area contributed by atoms with Crippen molar-refractivity contribution in [3.63, 3.8) is 0 Å². The minimum absolute atomic E-state index is 0. The van der Waals surface area contributed by atoms with Gasteiger partial charge in [-0.25, -0.2) is 0 Å². The highest BCUT2D eigenvalue weighted by Crippen LogP contribution is 2.32. The van der Waals surface area contributed by atoms with Gasteiger partial charge in [0, 0.05) is 18.1 Å². The van der Waals surface area contributed by atoms with Crippen molar-refractivity contribution in [3.8, 4) is 0 Å². The van der Waals surface area contributed by atoms with Crippen LogP contribution in [-0.4, -0.2) is 29.3 Å². The van der Waals surface area contributed by atoms with Crippen LogP contribution in [0.3, 0.4) is 0 Å². The molecule has 140 valence electrons. The second-order valence-corrected chi connectivity index (χ2v) is 6.89. The van der Waals surface area contributed by atoms with Crippen LogP contribution in [0.5, 0.6) is 0 Å². The summed E-state index contributed by atoms with van der Waals surface area (Å²) >= 11 is 0. The predicted octanol–water partition coefficient (Wildman–Crippen LogP) is 3.85. The Balaban J connectivity index is 0.00000264. The van der Waals surface area contributed by atoms with E-state index in [1.165, 1.54) is 50.5 Å². The van der Waals surface area contributed by atoms with Crippen LogP contribution in [0.4, 0.5) is 0 Å². The highest BCUT2D eigenvalue weighted by Gasteiger charge is 2.31. The average Bonchev–Trinajstić information content (AvgIpc) is 2.55. The van der Waals surface area contributed by atoms with Crippen LogP contribution in [0.15, 0.2) is 30.3 Å². The first kappa shape index (κ1) is 23.7. The summed E-state index contributed by atoms with van der Waals surface area (Å²) in [6.07, 6.45) is 9.07. The molecular formula is C19H34Cl2N2O. The summed E-state index contributed by atoms with van der Waals surface area (Å²) in [4.78, 5) is 0. The number of nitrogens with one attached hydrogen (secondary N) is 1. The molecule has 0 heterocycles. The summed E-state index contributed by atoms with van der Waals surface area (Å²) in [6.45, 7) is 2.85. The molecule has 1 aromatic carbocycles. The zero-order chi connectivity index (χ0) is 15.8. The minimum Gasteiger partial charge on any atom is -0.390 e. The van der Waals surface area contributed by atoms with E-state index >= 15 is 0 Å². The van der Waals surface area contributed by atoms with Crippen molar-refractivity contribution >= 4 is 24.8 Å². The van der Waals surface area contributed by atoms with Gasteiger partial charge in [0.1, 0.15) is 0 Å². The Hall–Kier alpha value is -0.320. The van der Waals surface area contributed by atoms with E-state index in [-0.39, 0.29) is 36.4 Å². The molecule has 0 amide bonds. The Labute approximate surface area is 159 Å². The van der Waals surface area contributed by atoms with Crippen molar-refractivity contribution < 1.29 is 5.11 Å². The molecule has 0 unspecified atom stereocenters. The quantitative estimate of drug-likeness (QED) is 0.645. The second kappa shape index (κ2) is 12.1. The number of aliphatic hydroxyl groups excluding tert-OH is 1. The molecule has 0 bridgehead atoms. The molecule has 1 aliphatic rings. The van der Waals surface area contributed by atoms with E-state index in [1.54, 1.807) is 0 Å². The number of benzene rings is 1. The van der Waals surface area contributed by atoms with E-state index in [0.717, 1.165) is 6.42 Å². The maximum absolute atomic E-state index is 10.4. The summed E-state index contributed by atoms with van der Waals surface area (Å²) in [7, 11) is 0. The molecule has 1 aliphatic carbocycles. The van der Waals surface area contributed by atoms with Crippen LogP contribution in [0.25, 0.3) is 0 Å². The third kappa shape index (κ3) is 7.28. The number of hydrogen-bond donors (Lipinski definition) is 3. The summed E-state index contributed by atoms with van der Waals surface area (Å²) in [5, 5.41) is 14.1. The van der Waals surface area contributed by atoms with Gasteiger partial charge in [-0.3, -0.25) is 0 Å². The molecule has 0 saturated heterocycles. The third-order valence-electron chi connectivity index (χ3n) is 5.03. The summed E-state index contributed by atoms with van der Waals surface area (Å²) in [5.41, 5.74) is 7.62. The SMILES string of the molecule is CCCC1(NC[C@@H](O)[C@@H](N)Cc2ccccc2)CCCCC1.Cl.Cl. The van der Waals surface area contributed by atoms with Crippen molar-refractivity contribution in [2.75, 3.05) is 6.54 Å². The molecule has 1 saturated carbocycles. The lowest BCUT2D eigenvalue weighted by Gasteiger charge is -2.39. The monoisotopic (exact) mass is 376 g/mol. The van der Waals surface area contributed by atoms with Gasteiger partial charge < -0.3 is 16.2 Å². The zero-order valence-corrected chi connectivity index (χ0v) is 16.4. The molecular weight excluding hydrogens is 343 g/mol. The molecule has 2 rings (SSSR count). The Morgan fingerprint density at radius 3 is 2.33 bits per heavy atom. The number of rotatable bonds is 8. The van der Waals surface area contributed by atoms with Crippen LogP contribution < -0.4 is 11.1 Å². The lowest BCUT2D eigenvalue weighted by molar-refractivity contribution is 0.114. The van der Waals surface area contributed by atoms with Gasteiger partial charge in [0.05, 0.1) is 6.10 Å². The van der Waals surface area contributed by atoms with E-state index in [2.05, 4.69) is 24.4 Å². The van der Waals surface area contributed by atoms with Crippen molar-refractivity contribution in [2.24, 2.45) is 5.73 Å². The maximum atomic E-state index is 10.4. The van der Waals surface area contributed by atoms with Gasteiger partial charge in [-0.15, -0.1) is 24.8 Å². The molecule has 1 fully saturated rings. The van der Waals surface area contributed by atoms with E-state index in [1.807, 2.05) is 18.2 Å². The van der Waals surface area contributed by atoms with Crippen molar-refractivity contribution in [3.05, 3.63) is 35.9 Å². The molecule has 5 heteroatoms. The maximum Gasteiger partial charge on any atom is 0.0818 e. The molecule has 0 aromatic heterocycles. The van der Waals surface area contributed by atoms with Gasteiger partial charge in [-0.2, -0.15) is 0 Å². The van der Waals surface area contributed by atoms with Crippen molar-refractivity contribution in [2.45, 2.75) is 76.0 Å². The van der Waals surface area contributed by atoms with E-state index in [0.29, 0.717) is 6.54 Å². The normalized spacial score (nSPS) is 18.8. The number of halogens is 2. The van der Waals surface area contributed by atoms with Gasteiger partial charge in [0.25, 0.3) is 0 Å². The fourth-order valence-corrected chi connectivity index (χ4v) is 3.72. The molecule has 1 aromatic rings. The third-order valence-corrected chi connectivity index (χ3v) is 5.03. The predicted molar refractivity (Wildman–Crippen MR) is 107 cm³/mol. The van der Waals surface area contributed by atoms with E-state index in [4.69, 9.17) is 5.73 Å². The average molecular weight is 377 g/mol. The lowest BCUT2D eigenvalue weighted by atomic mass is 9.78. The number of aliphatic hydroxyl groups is 1. The Morgan fingerprint density at radius 1 is 1.12 bits per heavy atom. The first-order chi connectivity index (χ1) is 10.7. The van der Waals surface area contributed by atoms with Gasteiger partial charge >= 0.3 is 0 Å². The molecule has 24 heavy (non-hydrogen) atoms. The van der Waals surface area contributed by atoms with Crippen LogP contribution in [0.2, 0.25) is 0 Å². The smallest absolute Gasteiger partial charge is 0.0818 e. The Morgan fingerprint density at radius 2 is 1.75 bits per heavy atom. The van der Waals surface area contributed by atoms with E-state index in [9.17, 15) is 5.11 Å². The van der Waals surface area contributed by atoms with Crippen molar-refractivity contribution in [1.82, 2.24) is 5.32 Å². The van der Waals surface area contributed by atoms with Crippen LogP contribution in [-0.2, 0) is 6.42 Å². The summed E-state index contributed by atoms with van der Waals surface area (Å²) < 4.78 is 0. The van der Waals surface area contributed by atoms with Gasteiger partial charge in [0.15, 0.2) is 0 Å². The lowest BCUT2D eigenvalue weighted by Crippen LogP contribution is -2.52. The van der Waals surface area contributed by atoms with Crippen LogP contribution in [0, 0.1) is 0 Å². The summed E-state index contributed by atoms with van der Waals surface area (Å²) in [6, 6.07) is 9.97. The zero-order valence-electron chi connectivity index (χ0n) is 14.7. The fraction of sp³-hybridized carbons (Fsp3) is 0.684. The molecule has 0 spiro atoms. The topological polar surface area (TPSA) is 58.3 Å². The number of hydrogen-bond acceptors (Lipinski definition) is 3. The first-order valence-corrected chi connectivity index (χ1v) is 8.88. The number of nitrogens with two attached hydrogens (primary N) is 1. The molecule has 2 atom stereocenters. The van der Waals surface area contributed by atoms with Gasteiger partial charge in [0.2, 0.25) is 0 Å². The molecule has 0 radical (unpaired) electrons. The van der Waals surface area contributed by atoms with Crippen LogP contribution in [0.1, 0.15) is 57.4 Å². The molecule has 0 aliphatic heterocycles.